The number of halogens is 1. The summed E-state index contributed by atoms with van der Waals surface area (Å²) in [5, 5.41) is 14.2. The summed E-state index contributed by atoms with van der Waals surface area (Å²) in [5.74, 6) is 0.553. The van der Waals surface area contributed by atoms with E-state index in [0.717, 1.165) is 30.2 Å². The molecule has 29 heavy (non-hydrogen) atoms. The number of urea groups is 1. The first-order valence-corrected chi connectivity index (χ1v) is 9.70. The third kappa shape index (κ3) is 4.87. The maximum absolute atomic E-state index is 13.0. The van der Waals surface area contributed by atoms with Gasteiger partial charge < -0.3 is 15.5 Å². The van der Waals surface area contributed by atoms with Crippen molar-refractivity contribution >= 4 is 23.2 Å². The fourth-order valence-electron chi connectivity index (χ4n) is 3.35. The van der Waals surface area contributed by atoms with Crippen LogP contribution in [0.4, 0.5) is 26.4 Å². The summed E-state index contributed by atoms with van der Waals surface area (Å²) in [6.07, 6.45) is 3.66. The van der Waals surface area contributed by atoms with Crippen molar-refractivity contribution in [2.45, 2.75) is 19.3 Å². The lowest BCUT2D eigenvalue weighted by atomic mass is 10.1. The van der Waals surface area contributed by atoms with Crippen LogP contribution in [0.3, 0.4) is 0 Å². The Morgan fingerprint density at radius 3 is 2.34 bits per heavy atom. The predicted molar refractivity (Wildman–Crippen MR) is 113 cm³/mol. The average molecular weight is 391 g/mol. The van der Waals surface area contributed by atoms with Crippen LogP contribution < -0.4 is 15.5 Å². The molecule has 1 aliphatic rings. The second kappa shape index (κ2) is 8.68. The SMILES string of the molecule is O=C(Nc1ccc(F)cc1)Nc1cccc(-c2ccc(N3CCCCC3)nn2)c1. The lowest BCUT2D eigenvalue weighted by Gasteiger charge is -2.27. The van der Waals surface area contributed by atoms with Crippen molar-refractivity contribution < 1.29 is 9.18 Å². The van der Waals surface area contributed by atoms with Crippen LogP contribution in [0.2, 0.25) is 0 Å². The van der Waals surface area contributed by atoms with Crippen LogP contribution in [0.5, 0.6) is 0 Å². The fraction of sp³-hybridized carbons (Fsp3) is 0.227. The van der Waals surface area contributed by atoms with E-state index >= 15 is 0 Å². The van der Waals surface area contributed by atoms with Crippen LogP contribution in [0.1, 0.15) is 19.3 Å². The molecule has 0 unspecified atom stereocenters. The number of rotatable bonds is 4. The van der Waals surface area contributed by atoms with Gasteiger partial charge in [0.2, 0.25) is 0 Å². The highest BCUT2D eigenvalue weighted by molar-refractivity contribution is 6.00. The van der Waals surface area contributed by atoms with Crippen molar-refractivity contribution in [3.8, 4) is 11.3 Å². The second-order valence-electron chi connectivity index (χ2n) is 6.99. The zero-order valence-corrected chi connectivity index (χ0v) is 15.9. The molecule has 2 aromatic carbocycles. The molecule has 0 atom stereocenters. The highest BCUT2D eigenvalue weighted by Crippen LogP contribution is 2.23. The van der Waals surface area contributed by atoms with E-state index in [1.807, 2.05) is 30.3 Å². The van der Waals surface area contributed by atoms with Crippen molar-refractivity contribution in [3.05, 3.63) is 66.5 Å². The van der Waals surface area contributed by atoms with Gasteiger partial charge in [0.15, 0.2) is 5.82 Å². The molecule has 148 valence electrons. The fourth-order valence-corrected chi connectivity index (χ4v) is 3.35. The lowest BCUT2D eigenvalue weighted by Crippen LogP contribution is -2.30. The van der Waals surface area contributed by atoms with Crippen LogP contribution in [-0.2, 0) is 0 Å². The number of hydrogen-bond donors (Lipinski definition) is 2. The topological polar surface area (TPSA) is 70.2 Å². The van der Waals surface area contributed by atoms with Crippen LogP contribution >= 0.6 is 0 Å². The number of carbonyl (C=O) groups is 1. The van der Waals surface area contributed by atoms with Gasteiger partial charge in [0.25, 0.3) is 0 Å². The number of hydrogen-bond acceptors (Lipinski definition) is 4. The molecule has 0 bridgehead atoms. The number of benzene rings is 2. The van der Waals surface area contributed by atoms with E-state index in [1.165, 1.54) is 43.5 Å². The zero-order chi connectivity index (χ0) is 20.1. The molecule has 1 saturated heterocycles. The Morgan fingerprint density at radius 1 is 0.862 bits per heavy atom. The molecular formula is C22H22FN5O. The first-order valence-electron chi connectivity index (χ1n) is 9.70. The smallest absolute Gasteiger partial charge is 0.323 e. The van der Waals surface area contributed by atoms with Gasteiger partial charge >= 0.3 is 6.03 Å². The maximum Gasteiger partial charge on any atom is 0.323 e. The van der Waals surface area contributed by atoms with Gasteiger partial charge in [-0.1, -0.05) is 12.1 Å². The number of carbonyl (C=O) groups excluding carboxylic acids is 1. The van der Waals surface area contributed by atoms with Gasteiger partial charge in [-0.25, -0.2) is 9.18 Å². The van der Waals surface area contributed by atoms with Gasteiger partial charge in [0.1, 0.15) is 5.82 Å². The minimum absolute atomic E-state index is 0.351. The predicted octanol–water partition coefficient (Wildman–Crippen LogP) is 4.92. The standard InChI is InChI=1S/C22H22FN5O/c23-17-7-9-18(10-8-17)24-22(29)25-19-6-4-5-16(15-19)20-11-12-21(27-26-20)28-13-2-1-3-14-28/h4-12,15H,1-3,13-14H2,(H2,24,25,29). The largest absolute Gasteiger partial charge is 0.355 e. The number of piperidine rings is 1. The van der Waals surface area contributed by atoms with E-state index < -0.39 is 6.03 Å². The van der Waals surface area contributed by atoms with E-state index in [9.17, 15) is 9.18 Å². The average Bonchev–Trinajstić information content (AvgIpc) is 2.76. The number of aromatic nitrogens is 2. The van der Waals surface area contributed by atoms with E-state index in [-0.39, 0.29) is 5.82 Å². The Balaban J connectivity index is 1.42. The molecular weight excluding hydrogens is 369 g/mol. The molecule has 1 fully saturated rings. The molecule has 0 saturated carbocycles. The highest BCUT2D eigenvalue weighted by atomic mass is 19.1. The summed E-state index contributed by atoms with van der Waals surface area (Å²) >= 11 is 0. The minimum Gasteiger partial charge on any atom is -0.355 e. The summed E-state index contributed by atoms with van der Waals surface area (Å²) < 4.78 is 13.0. The zero-order valence-electron chi connectivity index (χ0n) is 15.9. The Labute approximate surface area is 168 Å². The van der Waals surface area contributed by atoms with E-state index in [0.29, 0.717) is 11.4 Å². The lowest BCUT2D eigenvalue weighted by molar-refractivity contribution is 0.262. The maximum atomic E-state index is 13.0. The first-order chi connectivity index (χ1) is 14.2. The molecule has 3 aromatic rings. The summed E-state index contributed by atoms with van der Waals surface area (Å²) in [4.78, 5) is 14.4. The minimum atomic E-state index is -0.403. The molecule has 2 N–H and O–H groups in total. The molecule has 6 nitrogen and oxygen atoms in total. The molecule has 2 amide bonds. The Morgan fingerprint density at radius 2 is 1.62 bits per heavy atom. The third-order valence-electron chi connectivity index (χ3n) is 4.85. The van der Waals surface area contributed by atoms with E-state index in [4.69, 9.17) is 0 Å². The van der Waals surface area contributed by atoms with Crippen LogP contribution in [0.15, 0.2) is 60.7 Å². The number of nitrogens with one attached hydrogen (secondary N) is 2. The monoisotopic (exact) mass is 391 g/mol. The van der Waals surface area contributed by atoms with E-state index in [1.54, 1.807) is 6.07 Å². The summed E-state index contributed by atoms with van der Waals surface area (Å²) in [6.45, 7) is 2.05. The van der Waals surface area contributed by atoms with Crippen molar-refractivity contribution in [3.63, 3.8) is 0 Å². The normalized spacial score (nSPS) is 13.8. The first kappa shape index (κ1) is 18.9. The van der Waals surface area contributed by atoms with Crippen molar-refractivity contribution in [1.29, 1.82) is 0 Å². The summed E-state index contributed by atoms with van der Waals surface area (Å²) in [7, 11) is 0. The summed E-state index contributed by atoms with van der Waals surface area (Å²) in [6, 6.07) is 16.6. The molecule has 7 heteroatoms. The molecule has 1 aliphatic heterocycles. The Bertz CT molecular complexity index is 969. The third-order valence-corrected chi connectivity index (χ3v) is 4.85. The van der Waals surface area contributed by atoms with Gasteiger partial charge in [-0.15, -0.1) is 10.2 Å². The quantitative estimate of drug-likeness (QED) is 0.662. The number of nitrogens with zero attached hydrogens (tertiary/aromatic N) is 3. The second-order valence-corrected chi connectivity index (χ2v) is 6.99. The van der Waals surface area contributed by atoms with Crippen LogP contribution in [-0.4, -0.2) is 29.3 Å². The molecule has 0 aliphatic carbocycles. The molecule has 0 spiro atoms. The van der Waals surface area contributed by atoms with Gasteiger partial charge in [-0.05, 0) is 67.8 Å². The Hall–Kier alpha value is -3.48. The Kier molecular flexibility index (Phi) is 5.65. The number of amides is 2. The molecule has 0 radical (unpaired) electrons. The highest BCUT2D eigenvalue weighted by Gasteiger charge is 2.13. The molecule has 4 rings (SSSR count). The van der Waals surface area contributed by atoms with Gasteiger partial charge in [0, 0.05) is 30.0 Å². The van der Waals surface area contributed by atoms with Gasteiger partial charge in [0.05, 0.1) is 5.69 Å². The molecule has 2 heterocycles. The summed E-state index contributed by atoms with van der Waals surface area (Å²) in [5.41, 5.74) is 2.75. The van der Waals surface area contributed by atoms with Crippen molar-refractivity contribution in [2.24, 2.45) is 0 Å². The van der Waals surface area contributed by atoms with Crippen molar-refractivity contribution in [2.75, 3.05) is 28.6 Å². The molecule has 1 aromatic heterocycles. The van der Waals surface area contributed by atoms with Crippen LogP contribution in [0, 0.1) is 5.82 Å². The van der Waals surface area contributed by atoms with Gasteiger partial charge in [-0.2, -0.15) is 0 Å². The number of anilines is 3. The van der Waals surface area contributed by atoms with Crippen molar-refractivity contribution in [1.82, 2.24) is 10.2 Å². The van der Waals surface area contributed by atoms with E-state index in [2.05, 4.69) is 25.7 Å². The van der Waals surface area contributed by atoms with Crippen LogP contribution in [0.25, 0.3) is 11.3 Å². The van der Waals surface area contributed by atoms with Gasteiger partial charge in [-0.3, -0.25) is 0 Å².